The second-order valence-electron chi connectivity index (χ2n) is 19.1. The molecule has 0 aromatic heterocycles. The van der Waals surface area contributed by atoms with Gasteiger partial charge in [-0.3, -0.25) is 9.59 Å². The molecule has 418 valence electrons. The molecule has 1 N–H and O–H groups in total. The average Bonchev–Trinajstić information content (AvgIpc) is 3.38. The van der Waals surface area contributed by atoms with Gasteiger partial charge in [-0.1, -0.05) is 197 Å². The van der Waals surface area contributed by atoms with E-state index in [0.717, 1.165) is 128 Å². The number of hydrogen-bond donors (Lipinski definition) is 1. The van der Waals surface area contributed by atoms with E-state index in [0.29, 0.717) is 23.9 Å². The third kappa shape index (κ3) is 56.2. The fraction of sp³-hybridized carbons (Fsp3) is 0.530. The zero-order valence-electron chi connectivity index (χ0n) is 47.4. The van der Waals surface area contributed by atoms with Crippen molar-refractivity contribution < 1.29 is 42.9 Å². The number of rotatable bonds is 49. The van der Waals surface area contributed by atoms with Crippen LogP contribution in [-0.4, -0.2) is 87.4 Å². The van der Waals surface area contributed by atoms with Crippen molar-refractivity contribution in [1.29, 1.82) is 0 Å². The molecule has 0 aliphatic rings. The number of allylic oxidation sites excluding steroid dienone is 28. The van der Waals surface area contributed by atoms with Gasteiger partial charge in [0.2, 0.25) is 0 Å². The Labute approximate surface area is 457 Å². The van der Waals surface area contributed by atoms with Gasteiger partial charge in [-0.15, -0.1) is 0 Å². The van der Waals surface area contributed by atoms with E-state index in [-0.39, 0.29) is 32.7 Å². The van der Waals surface area contributed by atoms with E-state index in [1.165, 1.54) is 0 Å². The molecule has 0 saturated carbocycles. The molecule has 0 radical (unpaired) electrons. The largest absolute Gasteiger partial charge is 0.477 e. The van der Waals surface area contributed by atoms with Gasteiger partial charge in [0, 0.05) is 12.8 Å². The molecule has 0 heterocycles. The van der Waals surface area contributed by atoms with Crippen molar-refractivity contribution in [3.8, 4) is 0 Å². The molecule has 9 heteroatoms. The lowest BCUT2D eigenvalue weighted by atomic mass is 10.1. The van der Waals surface area contributed by atoms with E-state index < -0.39 is 30.3 Å². The predicted molar refractivity (Wildman–Crippen MR) is 317 cm³/mol. The summed E-state index contributed by atoms with van der Waals surface area (Å²) in [6.45, 7) is 4.53. The van der Waals surface area contributed by atoms with E-state index in [9.17, 15) is 19.5 Å². The number of nitrogens with zero attached hydrogens (tertiary/aromatic N) is 1. The van der Waals surface area contributed by atoms with Crippen LogP contribution in [0.2, 0.25) is 0 Å². The molecule has 0 amide bonds. The summed E-state index contributed by atoms with van der Waals surface area (Å²) in [5.74, 6) is -2.12. The van der Waals surface area contributed by atoms with Gasteiger partial charge in [0.25, 0.3) is 6.29 Å². The van der Waals surface area contributed by atoms with Gasteiger partial charge in [-0.05, 0) is 128 Å². The van der Waals surface area contributed by atoms with E-state index >= 15 is 0 Å². The van der Waals surface area contributed by atoms with Crippen LogP contribution in [0.15, 0.2) is 170 Å². The molecule has 0 fully saturated rings. The summed E-state index contributed by atoms with van der Waals surface area (Å²) >= 11 is 0. The fourth-order valence-electron chi connectivity index (χ4n) is 6.68. The van der Waals surface area contributed by atoms with Gasteiger partial charge < -0.3 is 28.5 Å². The summed E-state index contributed by atoms with van der Waals surface area (Å²) in [5.41, 5.74) is 0. The number of carbonyl (C=O) groups excluding carboxylic acids is 2. The van der Waals surface area contributed by atoms with Crippen LogP contribution in [0.3, 0.4) is 0 Å². The molecule has 0 aliphatic heterocycles. The third-order valence-corrected chi connectivity index (χ3v) is 11.0. The van der Waals surface area contributed by atoms with Crippen LogP contribution in [-0.2, 0) is 33.3 Å². The van der Waals surface area contributed by atoms with Crippen molar-refractivity contribution in [2.24, 2.45) is 0 Å². The summed E-state index contributed by atoms with van der Waals surface area (Å²) < 4.78 is 22.8. The molecular weight excluding hydrogens is 935 g/mol. The molecular formula is C66H102NO8+. The number of carboxylic acids is 1. The minimum atomic E-state index is -1.54. The van der Waals surface area contributed by atoms with Crippen LogP contribution in [0.25, 0.3) is 0 Å². The van der Waals surface area contributed by atoms with Gasteiger partial charge in [-0.25, -0.2) is 4.79 Å². The Kier molecular flexibility index (Phi) is 51.0. The van der Waals surface area contributed by atoms with E-state index in [2.05, 4.69) is 184 Å². The fourth-order valence-corrected chi connectivity index (χ4v) is 6.68. The van der Waals surface area contributed by atoms with Gasteiger partial charge in [-0.2, -0.15) is 0 Å². The second kappa shape index (κ2) is 54.9. The molecule has 0 aromatic rings. The van der Waals surface area contributed by atoms with Crippen molar-refractivity contribution in [3.63, 3.8) is 0 Å². The van der Waals surface area contributed by atoms with Crippen molar-refractivity contribution in [3.05, 3.63) is 170 Å². The number of carbonyl (C=O) groups is 3. The number of quaternary nitrogens is 1. The Bertz CT molecular complexity index is 1830. The summed E-state index contributed by atoms with van der Waals surface area (Å²) in [7, 11) is 5.92. The topological polar surface area (TPSA) is 108 Å². The maximum atomic E-state index is 12.9. The lowest BCUT2D eigenvalue weighted by Gasteiger charge is -2.25. The second-order valence-corrected chi connectivity index (χ2v) is 19.1. The van der Waals surface area contributed by atoms with Crippen LogP contribution in [0, 0.1) is 0 Å². The standard InChI is InChI=1S/C66H101NO8/c1-6-8-10-12-14-16-18-20-22-24-26-27-28-29-30-31-32-33-34-35-36-37-39-41-43-45-47-49-51-53-55-57-64(69)75-62(61-74-66(65(70)71)72-59-58-67(3,4)5)60-73-63(68)56-54-52-50-48-46-44-42-40-38-25-23-21-19-17-15-13-11-9-7-2/h8-11,14-17,20-23,26-27,29-30,32-33,35-36,38-41,44-47,62,66H,6-7,12-13,18-19,24-25,28,31,34,37,42-43,48-61H2,1-5H3/p+1/b10-8-,11-9-,16-14-,17-15-,22-20-,23-21-,27-26-,30-29-,33-32-,36-35-,40-38-,41-39-,46-44-,47-45-. The molecule has 0 aliphatic carbocycles. The Hall–Kier alpha value is -5.35. The Balaban J connectivity index is 4.45. The molecule has 9 nitrogen and oxygen atoms in total. The van der Waals surface area contributed by atoms with Crippen molar-refractivity contribution in [2.45, 2.75) is 180 Å². The van der Waals surface area contributed by atoms with E-state index in [1.54, 1.807) is 0 Å². The minimum absolute atomic E-state index is 0.164. The first-order valence-electron chi connectivity index (χ1n) is 28.3. The Morgan fingerprint density at radius 1 is 0.400 bits per heavy atom. The zero-order chi connectivity index (χ0) is 54.8. The van der Waals surface area contributed by atoms with Crippen LogP contribution in [0.4, 0.5) is 0 Å². The monoisotopic (exact) mass is 1040 g/mol. The first-order chi connectivity index (χ1) is 36.6. The number of ether oxygens (including phenoxy) is 4. The highest BCUT2D eigenvalue weighted by Gasteiger charge is 2.25. The first-order valence-corrected chi connectivity index (χ1v) is 28.3. The zero-order valence-corrected chi connectivity index (χ0v) is 47.4. The molecule has 0 saturated heterocycles. The van der Waals surface area contributed by atoms with Gasteiger partial charge >= 0.3 is 17.9 Å². The average molecular weight is 1040 g/mol. The van der Waals surface area contributed by atoms with Crippen molar-refractivity contribution in [1.82, 2.24) is 0 Å². The molecule has 0 spiro atoms. The minimum Gasteiger partial charge on any atom is -0.477 e. The predicted octanol–water partition coefficient (Wildman–Crippen LogP) is 16.8. The normalized spacial score (nSPS) is 14.1. The number of unbranched alkanes of at least 4 members (excludes halogenated alkanes) is 6. The molecule has 2 atom stereocenters. The maximum Gasteiger partial charge on any atom is 0.361 e. The highest BCUT2D eigenvalue weighted by atomic mass is 16.7. The van der Waals surface area contributed by atoms with Gasteiger partial charge in [0.05, 0.1) is 34.4 Å². The van der Waals surface area contributed by atoms with Crippen molar-refractivity contribution in [2.75, 3.05) is 47.5 Å². The summed E-state index contributed by atoms with van der Waals surface area (Å²) in [4.78, 5) is 37.4. The number of esters is 2. The molecule has 75 heavy (non-hydrogen) atoms. The molecule has 2 unspecified atom stereocenters. The van der Waals surface area contributed by atoms with Crippen LogP contribution >= 0.6 is 0 Å². The SMILES string of the molecule is CC/C=C\C/C=C\C/C=C\C/C=C\C/C=C\C/C=C\C/C=C\C/C=C\C/C=C\CCCCCC(=O)OC(COC(=O)CCCCC/C=C\C/C=C\C/C=C\C/C=C\C/C=C\CC)COC(OCC[N+](C)(C)C)C(=O)O. The number of aliphatic carboxylic acids is 1. The Morgan fingerprint density at radius 3 is 1.04 bits per heavy atom. The van der Waals surface area contributed by atoms with Crippen LogP contribution < -0.4 is 0 Å². The first kappa shape index (κ1) is 69.7. The maximum absolute atomic E-state index is 12.9. The Morgan fingerprint density at radius 2 is 0.720 bits per heavy atom. The highest BCUT2D eigenvalue weighted by molar-refractivity contribution is 5.71. The van der Waals surface area contributed by atoms with Crippen LogP contribution in [0.5, 0.6) is 0 Å². The highest BCUT2D eigenvalue weighted by Crippen LogP contribution is 2.11. The van der Waals surface area contributed by atoms with E-state index in [1.807, 2.05) is 21.1 Å². The third-order valence-electron chi connectivity index (χ3n) is 11.0. The van der Waals surface area contributed by atoms with Crippen LogP contribution in [0.1, 0.15) is 168 Å². The van der Waals surface area contributed by atoms with Crippen molar-refractivity contribution >= 4 is 17.9 Å². The summed E-state index contributed by atoms with van der Waals surface area (Å²) in [6, 6.07) is 0. The quantitative estimate of drug-likeness (QED) is 0.0211. The lowest BCUT2D eigenvalue weighted by Crippen LogP contribution is -2.40. The van der Waals surface area contributed by atoms with Gasteiger partial charge in [0.15, 0.2) is 6.10 Å². The number of carboxylic acid groups (broad SMARTS) is 1. The summed E-state index contributed by atoms with van der Waals surface area (Å²) in [5, 5.41) is 9.69. The molecule has 0 bridgehead atoms. The summed E-state index contributed by atoms with van der Waals surface area (Å²) in [6.07, 6.45) is 80.0. The van der Waals surface area contributed by atoms with E-state index in [4.69, 9.17) is 18.9 Å². The molecule has 0 aromatic carbocycles. The smallest absolute Gasteiger partial charge is 0.361 e. The lowest BCUT2D eigenvalue weighted by molar-refractivity contribution is -0.870. The van der Waals surface area contributed by atoms with Gasteiger partial charge in [0.1, 0.15) is 13.2 Å². The number of hydrogen-bond acceptors (Lipinski definition) is 7. The number of likely N-dealkylation sites (N-methyl/N-ethyl adjacent to an activating group) is 1. The molecule has 0 rings (SSSR count).